The van der Waals surface area contributed by atoms with Gasteiger partial charge in [0.1, 0.15) is 6.04 Å². The lowest BCUT2D eigenvalue weighted by molar-refractivity contribution is -0.115. The molecule has 0 bridgehead atoms. The minimum absolute atomic E-state index is 0.111. The molecule has 232 valence electrons. The van der Waals surface area contributed by atoms with E-state index in [2.05, 4.69) is 148 Å². The van der Waals surface area contributed by atoms with Crippen molar-refractivity contribution in [3.63, 3.8) is 0 Å². The summed E-state index contributed by atoms with van der Waals surface area (Å²) >= 11 is 0. The first-order chi connectivity index (χ1) is 20.2. The molecule has 3 aromatic carbocycles. The van der Waals surface area contributed by atoms with Gasteiger partial charge in [0.2, 0.25) is 0 Å². The maximum atomic E-state index is 14.4. The average Bonchev–Trinajstić information content (AvgIpc) is 2.94. The number of rotatable bonds is 12. The van der Waals surface area contributed by atoms with E-state index in [1.165, 1.54) is 22.3 Å². The van der Waals surface area contributed by atoms with E-state index in [-0.39, 0.29) is 17.7 Å². The largest absolute Gasteiger partial charge is 0.369 e. The standard InChI is InChI=1S/C39H55N3O/c1-23(2)29-16-13-17-30(24(3)4)36(29)40-22-35(41-37-31(25(5)6)18-14-19-32(37)26(7)8)39(43)42-38-33(27(9)10)20-15-21-34(38)28(11)12/h13-28,35,41H,1-12H3,(H,42,43). The summed E-state index contributed by atoms with van der Waals surface area (Å²) in [5.74, 6) is 1.65. The van der Waals surface area contributed by atoms with Crippen molar-refractivity contribution in [2.75, 3.05) is 10.6 Å². The van der Waals surface area contributed by atoms with Crippen LogP contribution in [0, 0.1) is 0 Å². The fourth-order valence-electron chi connectivity index (χ4n) is 5.75. The van der Waals surface area contributed by atoms with E-state index < -0.39 is 6.04 Å². The molecule has 43 heavy (non-hydrogen) atoms. The summed E-state index contributed by atoms with van der Waals surface area (Å²) in [7, 11) is 0. The smallest absolute Gasteiger partial charge is 0.252 e. The minimum Gasteiger partial charge on any atom is -0.369 e. The lowest BCUT2D eigenvalue weighted by atomic mass is 9.91. The fraction of sp³-hybridized carbons (Fsp3) is 0.487. The Balaban J connectivity index is 2.21. The second kappa shape index (κ2) is 14.9. The van der Waals surface area contributed by atoms with E-state index in [1.54, 1.807) is 0 Å². The first-order valence-corrected chi connectivity index (χ1v) is 16.2. The van der Waals surface area contributed by atoms with Gasteiger partial charge in [-0.3, -0.25) is 9.79 Å². The van der Waals surface area contributed by atoms with Gasteiger partial charge in [0, 0.05) is 17.6 Å². The molecule has 3 aromatic rings. The van der Waals surface area contributed by atoms with Crippen molar-refractivity contribution in [2.45, 2.75) is 125 Å². The number of carbonyl (C=O) groups is 1. The molecule has 3 rings (SSSR count). The van der Waals surface area contributed by atoms with E-state index >= 15 is 0 Å². The molecular weight excluding hydrogens is 526 g/mol. The van der Waals surface area contributed by atoms with E-state index in [9.17, 15) is 4.79 Å². The number of nitrogens with one attached hydrogen (secondary N) is 2. The maximum absolute atomic E-state index is 14.4. The Bertz CT molecular complexity index is 1330. The Labute approximate surface area is 261 Å². The molecule has 4 heteroatoms. The Morgan fingerprint density at radius 2 is 0.860 bits per heavy atom. The summed E-state index contributed by atoms with van der Waals surface area (Å²) in [6.45, 7) is 26.3. The third kappa shape index (κ3) is 8.16. The molecule has 0 aromatic heterocycles. The van der Waals surface area contributed by atoms with Crippen molar-refractivity contribution in [2.24, 2.45) is 4.99 Å². The highest BCUT2D eigenvalue weighted by Crippen LogP contribution is 2.37. The Morgan fingerprint density at radius 3 is 1.21 bits per heavy atom. The van der Waals surface area contributed by atoms with Crippen LogP contribution in [0.25, 0.3) is 0 Å². The van der Waals surface area contributed by atoms with Crippen LogP contribution < -0.4 is 10.6 Å². The zero-order chi connectivity index (χ0) is 32.0. The van der Waals surface area contributed by atoms with Crippen molar-refractivity contribution < 1.29 is 4.79 Å². The molecule has 0 saturated carbocycles. The number of para-hydroxylation sites is 3. The van der Waals surface area contributed by atoms with Gasteiger partial charge in [-0.2, -0.15) is 0 Å². The molecule has 0 heterocycles. The number of benzene rings is 3. The molecule has 0 aliphatic heterocycles. The molecule has 1 amide bonds. The first kappa shape index (κ1) is 34.1. The van der Waals surface area contributed by atoms with Gasteiger partial charge < -0.3 is 10.6 Å². The fourth-order valence-corrected chi connectivity index (χ4v) is 5.75. The normalized spacial score (nSPS) is 12.9. The second-order valence-corrected chi connectivity index (χ2v) is 13.7. The van der Waals surface area contributed by atoms with Crippen LogP contribution in [0.15, 0.2) is 59.6 Å². The number of anilines is 2. The van der Waals surface area contributed by atoms with Gasteiger partial charge in [0.25, 0.3) is 5.91 Å². The molecule has 0 radical (unpaired) electrons. The number of hydrogen-bond donors (Lipinski definition) is 2. The Hall–Kier alpha value is -3.40. The SMILES string of the molecule is CC(C)c1cccc(C(C)C)c1N=CC(Nc1c(C(C)C)cccc1C(C)C)C(=O)Nc1c(C(C)C)cccc1C(C)C. The van der Waals surface area contributed by atoms with Crippen LogP contribution in [0.1, 0.15) is 152 Å². The Kier molecular flexibility index (Phi) is 11.8. The minimum atomic E-state index is -0.683. The number of amides is 1. The summed E-state index contributed by atoms with van der Waals surface area (Å²) in [6.07, 6.45) is 1.83. The average molecular weight is 582 g/mol. The topological polar surface area (TPSA) is 53.5 Å². The molecule has 4 nitrogen and oxygen atoms in total. The van der Waals surface area contributed by atoms with Crippen LogP contribution in [-0.2, 0) is 4.79 Å². The summed E-state index contributed by atoms with van der Waals surface area (Å²) in [6, 6.07) is 18.6. The lowest BCUT2D eigenvalue weighted by Crippen LogP contribution is -2.37. The molecule has 0 fully saturated rings. The molecule has 1 atom stereocenters. The van der Waals surface area contributed by atoms with E-state index in [4.69, 9.17) is 4.99 Å². The summed E-state index contributed by atoms with van der Waals surface area (Å²) < 4.78 is 0. The van der Waals surface area contributed by atoms with E-state index in [1.807, 2.05) is 6.21 Å². The van der Waals surface area contributed by atoms with Gasteiger partial charge in [-0.1, -0.05) is 138 Å². The third-order valence-corrected chi connectivity index (χ3v) is 8.27. The number of nitrogens with zero attached hydrogens (tertiary/aromatic N) is 1. The second-order valence-electron chi connectivity index (χ2n) is 13.7. The predicted molar refractivity (Wildman–Crippen MR) is 188 cm³/mol. The highest BCUT2D eigenvalue weighted by Gasteiger charge is 2.25. The molecule has 0 aliphatic rings. The van der Waals surface area contributed by atoms with Crippen LogP contribution in [0.3, 0.4) is 0 Å². The van der Waals surface area contributed by atoms with Crippen LogP contribution >= 0.6 is 0 Å². The quantitative estimate of drug-likeness (QED) is 0.209. The van der Waals surface area contributed by atoms with Crippen LogP contribution in [0.4, 0.5) is 17.1 Å². The van der Waals surface area contributed by atoms with Gasteiger partial charge >= 0.3 is 0 Å². The highest BCUT2D eigenvalue weighted by molar-refractivity contribution is 6.08. The van der Waals surface area contributed by atoms with Gasteiger partial charge in [0.15, 0.2) is 0 Å². The first-order valence-electron chi connectivity index (χ1n) is 16.2. The van der Waals surface area contributed by atoms with Crippen molar-refractivity contribution in [3.05, 3.63) is 88.0 Å². The summed E-state index contributed by atoms with van der Waals surface area (Å²) in [5, 5.41) is 7.08. The number of hydrogen-bond acceptors (Lipinski definition) is 3. The van der Waals surface area contributed by atoms with Gasteiger partial charge in [-0.15, -0.1) is 0 Å². The monoisotopic (exact) mass is 581 g/mol. The van der Waals surface area contributed by atoms with Gasteiger partial charge in [0.05, 0.1) is 5.69 Å². The van der Waals surface area contributed by atoms with E-state index in [0.717, 1.165) is 28.2 Å². The van der Waals surface area contributed by atoms with Crippen molar-refractivity contribution >= 4 is 29.2 Å². The zero-order valence-electron chi connectivity index (χ0n) is 28.7. The molecule has 2 N–H and O–H groups in total. The highest BCUT2D eigenvalue weighted by atomic mass is 16.2. The van der Waals surface area contributed by atoms with E-state index in [0.29, 0.717) is 23.7 Å². The molecule has 0 spiro atoms. The van der Waals surface area contributed by atoms with Gasteiger partial charge in [-0.05, 0) is 68.9 Å². The maximum Gasteiger partial charge on any atom is 0.252 e. The number of carbonyl (C=O) groups excluding carboxylic acids is 1. The van der Waals surface area contributed by atoms with Crippen molar-refractivity contribution in [1.29, 1.82) is 0 Å². The van der Waals surface area contributed by atoms with Crippen LogP contribution in [0.2, 0.25) is 0 Å². The molecule has 0 aliphatic carbocycles. The summed E-state index contributed by atoms with van der Waals surface area (Å²) in [5.41, 5.74) is 10.0. The Morgan fingerprint density at radius 1 is 0.535 bits per heavy atom. The molecule has 1 unspecified atom stereocenters. The lowest BCUT2D eigenvalue weighted by Gasteiger charge is -2.26. The molecule has 0 saturated heterocycles. The van der Waals surface area contributed by atoms with Crippen LogP contribution in [0.5, 0.6) is 0 Å². The summed E-state index contributed by atoms with van der Waals surface area (Å²) in [4.78, 5) is 19.5. The van der Waals surface area contributed by atoms with Crippen LogP contribution in [-0.4, -0.2) is 18.2 Å². The number of aliphatic imine (C=N–C) groups is 1. The molecular formula is C39H55N3O. The zero-order valence-corrected chi connectivity index (χ0v) is 28.7. The third-order valence-electron chi connectivity index (χ3n) is 8.27. The van der Waals surface area contributed by atoms with Crippen molar-refractivity contribution in [3.8, 4) is 0 Å². The van der Waals surface area contributed by atoms with Gasteiger partial charge in [-0.25, -0.2) is 0 Å². The predicted octanol–water partition coefficient (Wildman–Crippen LogP) is 11.2. The van der Waals surface area contributed by atoms with Crippen molar-refractivity contribution in [1.82, 2.24) is 0 Å².